The van der Waals surface area contributed by atoms with Crippen molar-refractivity contribution in [3.63, 3.8) is 0 Å². The molecule has 1 N–H and O–H groups in total. The number of anilines is 1. The van der Waals surface area contributed by atoms with Crippen LogP contribution in [-0.4, -0.2) is 6.04 Å². The smallest absolute Gasteiger partial charge is 0.0721 e. The Morgan fingerprint density at radius 2 is 1.93 bits per heavy atom. The lowest BCUT2D eigenvalue weighted by molar-refractivity contribution is 0.616. The summed E-state index contributed by atoms with van der Waals surface area (Å²) in [5, 5.41) is 4.88. The molecule has 1 aromatic carbocycles. The predicted octanol–water partition coefficient (Wildman–Crippen LogP) is 4.59. The number of hydrogen-bond acceptors (Lipinski definition) is 1. The van der Waals surface area contributed by atoms with Crippen LogP contribution in [0.4, 0.5) is 5.69 Å². The molecule has 1 atom stereocenters. The third kappa shape index (κ3) is 2.59. The lowest BCUT2D eigenvalue weighted by Gasteiger charge is -2.19. The second-order valence-corrected chi connectivity index (χ2v) is 4.91. The van der Waals surface area contributed by atoms with Crippen LogP contribution in [0.3, 0.4) is 0 Å². The van der Waals surface area contributed by atoms with Gasteiger partial charge in [-0.1, -0.05) is 36.2 Å². The Labute approximate surface area is 101 Å². The summed E-state index contributed by atoms with van der Waals surface area (Å²) >= 11 is 12.2. The van der Waals surface area contributed by atoms with Gasteiger partial charge in [-0.15, -0.1) is 0 Å². The van der Waals surface area contributed by atoms with E-state index in [-0.39, 0.29) is 0 Å². The Balaban J connectivity index is 2.14. The highest BCUT2D eigenvalue weighted by molar-refractivity contribution is 6.39. The SMILES string of the molecule is CCC(Nc1c(Cl)cccc1Cl)C1CC1. The Morgan fingerprint density at radius 1 is 1.33 bits per heavy atom. The minimum absolute atomic E-state index is 0.516. The summed E-state index contributed by atoms with van der Waals surface area (Å²) in [5.41, 5.74) is 0.889. The molecule has 0 aliphatic heterocycles. The molecule has 15 heavy (non-hydrogen) atoms. The average Bonchev–Trinajstić information content (AvgIpc) is 3.01. The molecule has 1 unspecified atom stereocenters. The van der Waals surface area contributed by atoms with Crippen LogP contribution in [0.25, 0.3) is 0 Å². The van der Waals surface area contributed by atoms with Gasteiger partial charge in [0.15, 0.2) is 0 Å². The van der Waals surface area contributed by atoms with Crippen LogP contribution in [0.2, 0.25) is 10.0 Å². The van der Waals surface area contributed by atoms with Crippen molar-refractivity contribution in [3.8, 4) is 0 Å². The van der Waals surface area contributed by atoms with Crippen molar-refractivity contribution in [1.29, 1.82) is 0 Å². The second-order valence-electron chi connectivity index (χ2n) is 4.09. The van der Waals surface area contributed by atoms with Gasteiger partial charge < -0.3 is 5.32 Å². The van der Waals surface area contributed by atoms with Crippen LogP contribution in [0.1, 0.15) is 26.2 Å². The maximum Gasteiger partial charge on any atom is 0.0721 e. The summed E-state index contributed by atoms with van der Waals surface area (Å²) in [6.07, 6.45) is 3.77. The largest absolute Gasteiger partial charge is 0.380 e. The zero-order valence-electron chi connectivity index (χ0n) is 8.76. The zero-order chi connectivity index (χ0) is 10.8. The van der Waals surface area contributed by atoms with Gasteiger partial charge in [-0.25, -0.2) is 0 Å². The number of para-hydroxylation sites is 1. The first-order valence-corrected chi connectivity index (χ1v) is 6.18. The van der Waals surface area contributed by atoms with Gasteiger partial charge in [0, 0.05) is 6.04 Å². The fourth-order valence-corrected chi connectivity index (χ4v) is 2.38. The van der Waals surface area contributed by atoms with Gasteiger partial charge in [-0.2, -0.15) is 0 Å². The summed E-state index contributed by atoms with van der Waals surface area (Å²) in [7, 11) is 0. The summed E-state index contributed by atoms with van der Waals surface area (Å²) in [5.74, 6) is 0.808. The van der Waals surface area contributed by atoms with E-state index in [1.807, 2.05) is 18.2 Å². The fourth-order valence-electron chi connectivity index (χ4n) is 1.87. The van der Waals surface area contributed by atoms with Crippen LogP contribution in [-0.2, 0) is 0 Å². The topological polar surface area (TPSA) is 12.0 Å². The summed E-state index contributed by atoms with van der Waals surface area (Å²) in [4.78, 5) is 0. The van der Waals surface area contributed by atoms with E-state index in [4.69, 9.17) is 23.2 Å². The minimum atomic E-state index is 0.516. The molecule has 1 aromatic rings. The molecule has 0 radical (unpaired) electrons. The van der Waals surface area contributed by atoms with Crippen molar-refractivity contribution in [2.75, 3.05) is 5.32 Å². The van der Waals surface area contributed by atoms with E-state index in [9.17, 15) is 0 Å². The van der Waals surface area contributed by atoms with Gasteiger partial charge in [-0.05, 0) is 37.3 Å². The summed E-state index contributed by atoms with van der Waals surface area (Å²) < 4.78 is 0. The molecule has 1 saturated carbocycles. The van der Waals surface area contributed by atoms with E-state index in [1.165, 1.54) is 12.8 Å². The standard InChI is InChI=1S/C12H15Cl2N/c1-2-11(8-6-7-8)15-12-9(13)4-3-5-10(12)14/h3-5,8,11,15H,2,6-7H2,1H3. The third-order valence-corrected chi connectivity index (χ3v) is 3.55. The average molecular weight is 244 g/mol. The Morgan fingerprint density at radius 3 is 2.40 bits per heavy atom. The molecular weight excluding hydrogens is 229 g/mol. The van der Waals surface area contributed by atoms with Gasteiger partial charge in [0.1, 0.15) is 0 Å². The molecular formula is C12H15Cl2N. The number of hydrogen-bond donors (Lipinski definition) is 1. The van der Waals surface area contributed by atoms with Crippen molar-refractivity contribution < 1.29 is 0 Å². The Kier molecular flexibility index (Phi) is 3.42. The lowest BCUT2D eigenvalue weighted by Crippen LogP contribution is -2.21. The molecule has 0 saturated heterocycles. The first-order valence-electron chi connectivity index (χ1n) is 5.43. The van der Waals surface area contributed by atoms with Gasteiger partial charge in [0.2, 0.25) is 0 Å². The van der Waals surface area contributed by atoms with Crippen molar-refractivity contribution in [1.82, 2.24) is 0 Å². The zero-order valence-corrected chi connectivity index (χ0v) is 10.3. The highest BCUT2D eigenvalue weighted by atomic mass is 35.5. The predicted molar refractivity (Wildman–Crippen MR) is 66.9 cm³/mol. The van der Waals surface area contributed by atoms with Crippen molar-refractivity contribution >= 4 is 28.9 Å². The maximum atomic E-state index is 6.11. The maximum absolute atomic E-state index is 6.11. The first-order chi connectivity index (χ1) is 7.22. The molecule has 1 nitrogen and oxygen atoms in total. The van der Waals surface area contributed by atoms with Gasteiger partial charge in [-0.3, -0.25) is 0 Å². The fraction of sp³-hybridized carbons (Fsp3) is 0.500. The highest BCUT2D eigenvalue weighted by Gasteiger charge is 2.30. The lowest BCUT2D eigenvalue weighted by atomic mass is 10.1. The van der Waals surface area contributed by atoms with E-state index in [1.54, 1.807) is 0 Å². The third-order valence-electron chi connectivity index (χ3n) is 2.92. The molecule has 2 rings (SSSR count). The molecule has 0 bridgehead atoms. The van der Waals surface area contributed by atoms with Gasteiger partial charge >= 0.3 is 0 Å². The number of rotatable bonds is 4. The molecule has 3 heteroatoms. The quantitative estimate of drug-likeness (QED) is 0.816. The summed E-state index contributed by atoms with van der Waals surface area (Å²) in [6, 6.07) is 6.13. The van der Waals surface area contributed by atoms with Crippen LogP contribution in [0, 0.1) is 5.92 Å². The Bertz CT molecular complexity index is 327. The highest BCUT2D eigenvalue weighted by Crippen LogP contribution is 2.38. The van der Waals surface area contributed by atoms with E-state index >= 15 is 0 Å². The first kappa shape index (κ1) is 11.1. The number of nitrogens with one attached hydrogen (secondary N) is 1. The molecule has 1 aliphatic rings. The second kappa shape index (κ2) is 4.63. The van der Waals surface area contributed by atoms with E-state index < -0.39 is 0 Å². The van der Waals surface area contributed by atoms with Gasteiger partial charge in [0.25, 0.3) is 0 Å². The van der Waals surface area contributed by atoms with Gasteiger partial charge in [0.05, 0.1) is 15.7 Å². The van der Waals surface area contributed by atoms with Crippen molar-refractivity contribution in [2.45, 2.75) is 32.2 Å². The number of benzene rings is 1. The monoisotopic (exact) mass is 243 g/mol. The normalized spacial score (nSPS) is 17.5. The molecule has 0 amide bonds. The van der Waals surface area contributed by atoms with Crippen LogP contribution < -0.4 is 5.32 Å². The summed E-state index contributed by atoms with van der Waals surface area (Å²) in [6.45, 7) is 2.20. The van der Waals surface area contributed by atoms with E-state index in [0.29, 0.717) is 16.1 Å². The van der Waals surface area contributed by atoms with Crippen LogP contribution in [0.15, 0.2) is 18.2 Å². The molecule has 1 fully saturated rings. The Hall–Kier alpha value is -0.400. The van der Waals surface area contributed by atoms with E-state index in [2.05, 4.69) is 12.2 Å². The van der Waals surface area contributed by atoms with Crippen LogP contribution >= 0.6 is 23.2 Å². The van der Waals surface area contributed by atoms with Crippen molar-refractivity contribution in [3.05, 3.63) is 28.2 Å². The molecule has 0 aromatic heterocycles. The molecule has 82 valence electrons. The number of halogens is 2. The van der Waals surface area contributed by atoms with E-state index in [0.717, 1.165) is 18.0 Å². The minimum Gasteiger partial charge on any atom is -0.380 e. The van der Waals surface area contributed by atoms with Crippen LogP contribution in [0.5, 0.6) is 0 Å². The molecule has 0 heterocycles. The van der Waals surface area contributed by atoms with Crippen molar-refractivity contribution in [2.24, 2.45) is 5.92 Å². The molecule has 0 spiro atoms. The molecule has 1 aliphatic carbocycles.